The summed E-state index contributed by atoms with van der Waals surface area (Å²) in [5.41, 5.74) is 15.6. The van der Waals surface area contributed by atoms with Gasteiger partial charge in [-0.05, 0) is 258 Å². The average molecular weight is 1710 g/mol. The van der Waals surface area contributed by atoms with Gasteiger partial charge in [0.05, 0.1) is 38.6 Å². The van der Waals surface area contributed by atoms with Crippen LogP contribution in [0, 0.1) is 5.82 Å². The summed E-state index contributed by atoms with van der Waals surface area (Å²) in [4.78, 5) is 27.3. The summed E-state index contributed by atoms with van der Waals surface area (Å²) in [5, 5.41) is 4.62. The molecule has 0 atom stereocenters. The Bertz CT molecular complexity index is 5750. The first kappa shape index (κ1) is 97.0. The third-order valence-electron chi connectivity index (χ3n) is 23.8. The van der Waals surface area contributed by atoms with Crippen molar-refractivity contribution in [2.24, 2.45) is 0 Å². The fraction of sp³-hybridized carbons (Fsp3) is 0.368. The number of ketones is 1. The van der Waals surface area contributed by atoms with E-state index in [1.165, 1.54) is 82.2 Å². The second-order valence-corrected chi connectivity index (χ2v) is 37.5. The Balaban J connectivity index is 0.000000269. The number of fused-ring (bicyclic) bond motifs is 6. The summed E-state index contributed by atoms with van der Waals surface area (Å²) in [7, 11) is -0.683. The second-order valence-electron chi connectivity index (χ2n) is 33.2. The summed E-state index contributed by atoms with van der Waals surface area (Å²) < 4.78 is 137. The third kappa shape index (κ3) is 22.3. The van der Waals surface area contributed by atoms with E-state index in [2.05, 4.69) is 208 Å². The minimum Gasteiger partial charge on any atom is -0.748 e. The summed E-state index contributed by atoms with van der Waals surface area (Å²) in [6.45, 7) is 19.5. The molecule has 0 aromatic heterocycles. The number of halogens is 1. The van der Waals surface area contributed by atoms with E-state index in [0.29, 0.717) is 68.2 Å². The minimum atomic E-state index is -4.64. The fourth-order valence-electron chi connectivity index (χ4n) is 17.6. The molecule has 2 aliphatic carbocycles. The minimum absolute atomic E-state index is 0. The van der Waals surface area contributed by atoms with Gasteiger partial charge in [-0.2, -0.15) is 9.15 Å². The molecule has 0 fully saturated rings. The van der Waals surface area contributed by atoms with Crippen molar-refractivity contribution in [2.45, 2.75) is 203 Å². The van der Waals surface area contributed by atoms with Crippen LogP contribution in [-0.2, 0) is 61.6 Å². The number of rotatable bonds is 30. The Kier molecular flexibility index (Phi) is 32.8. The van der Waals surface area contributed by atoms with Crippen LogP contribution in [0.15, 0.2) is 255 Å². The Hall–Kier alpha value is -7.81. The summed E-state index contributed by atoms with van der Waals surface area (Å²) in [6, 6.07) is 45.5. The van der Waals surface area contributed by atoms with Crippen molar-refractivity contribution >= 4 is 103 Å². The maximum absolute atomic E-state index is 14.7. The number of Topliss-reactive ketones (excluding diaryl/α,β-unsaturated/α-hetero) is 1. The van der Waals surface area contributed by atoms with Crippen LogP contribution in [0.25, 0.3) is 10.8 Å². The molecule has 622 valence electrons. The summed E-state index contributed by atoms with van der Waals surface area (Å²) >= 11 is 0. The average Bonchev–Trinajstić information content (AvgIpc) is 1.59. The number of unbranched alkanes of at least 4 members (excludes halogenated alkanes) is 5. The van der Waals surface area contributed by atoms with Gasteiger partial charge in [0.15, 0.2) is 11.4 Å². The number of carbonyl (C=O) groups excluding carboxylic acids is 2. The number of hydrogen-bond acceptors (Lipinski definition) is 15. The van der Waals surface area contributed by atoms with Crippen molar-refractivity contribution in [2.75, 3.05) is 42.2 Å². The Morgan fingerprint density at radius 3 is 1.60 bits per heavy atom. The molecule has 0 spiro atoms. The van der Waals surface area contributed by atoms with E-state index in [1.54, 1.807) is 6.07 Å². The maximum Gasteiger partial charge on any atom is 1.00 e. The van der Waals surface area contributed by atoms with E-state index in [4.69, 9.17) is 25.3 Å². The van der Waals surface area contributed by atoms with Crippen LogP contribution in [0.4, 0.5) is 27.1 Å². The Labute approximate surface area is 762 Å². The van der Waals surface area contributed by atoms with E-state index < -0.39 is 41.5 Å². The number of nitrogens with one attached hydrogen (secondary N) is 1. The number of nitrogens with zero attached hydrogens (tertiary/aromatic N) is 4. The maximum atomic E-state index is 14.7. The smallest absolute Gasteiger partial charge is 0.748 e. The van der Waals surface area contributed by atoms with Crippen LogP contribution in [0.3, 0.4) is 0 Å². The summed E-state index contributed by atoms with van der Waals surface area (Å²) in [5.74, 6) is 1.31. The molecule has 7 aromatic rings. The predicted octanol–water partition coefficient (Wildman–Crippen LogP) is 12.7. The number of benzene rings is 7. The number of para-hydroxylation sites is 2. The second kappa shape index (κ2) is 40.9. The number of anilines is 2. The predicted molar refractivity (Wildman–Crippen MR) is 470 cm³/mol. The van der Waals surface area contributed by atoms with Crippen molar-refractivity contribution in [1.82, 2.24) is 5.23 Å². The number of ether oxygens (including phenoxy) is 2. The zero-order valence-electron chi connectivity index (χ0n) is 70.8. The van der Waals surface area contributed by atoms with Gasteiger partial charge < -0.3 is 43.0 Å². The molecular weight excluding hydrogens is 1600 g/mol. The van der Waals surface area contributed by atoms with Crippen molar-refractivity contribution in [3.8, 4) is 11.5 Å². The van der Waals surface area contributed by atoms with E-state index in [0.717, 1.165) is 144 Å². The standard InChI is InChI=1S/C47H49BFN3O5S.C47H55BN2O8S2.CH4.2Na/c1-46(2)38-30-34(49)20-26-39(38)52(29-10-6-7-16-43(53)50-48)42(46)28-19-33-14-11-13-32(45(33)57-35-21-23-36(24-22-35)58(54,55)56)18-27-41-47(3,4)44-37-15-9-8-12-31(37)17-25-40(44)51(41)5;1-46(2)39-18-7-9-20-41(39)49(30-11-5-6-17-36(51)33-48)43(46)28-22-34-15-14-16-35(45(34)58-37-24-26-38(27-25-37)60(55,56)57)23-29-44-47(3,4)40-19-8-10-21-42(40)50(44)31-12-13-32-59(52,53)54;;;/h8-9,12,15,17-28,30H,6-7,10-11,13-14,16,29H2,1-5H3,(H-,50,53,54,55,56);7-10,18-29H,5-6,11-17,30-33H2,1-4H3,(H-,52,53,54,55,56,57);1H4;;/q;;;2*+1/p-1. The van der Waals surface area contributed by atoms with Gasteiger partial charge in [-0.25, -0.2) is 29.6 Å². The third-order valence-corrected chi connectivity index (χ3v) is 26.3. The van der Waals surface area contributed by atoms with Crippen LogP contribution in [0.5, 0.6) is 11.5 Å². The van der Waals surface area contributed by atoms with E-state index in [9.17, 15) is 52.9 Å². The summed E-state index contributed by atoms with van der Waals surface area (Å²) in [6.07, 6.45) is 28.4. The molecule has 1 N–H and O–H groups in total. The van der Waals surface area contributed by atoms with Crippen molar-refractivity contribution < 1.29 is 131 Å². The zero-order valence-corrected chi connectivity index (χ0v) is 77.2. The normalized spacial score (nSPS) is 18.3. The van der Waals surface area contributed by atoms with E-state index in [-0.39, 0.29) is 123 Å². The van der Waals surface area contributed by atoms with Crippen LogP contribution in [0.1, 0.15) is 188 Å². The molecule has 6 aliphatic rings. The van der Waals surface area contributed by atoms with Gasteiger partial charge in [0, 0.05) is 107 Å². The van der Waals surface area contributed by atoms with Crippen molar-refractivity contribution in [3.05, 3.63) is 274 Å². The zero-order chi connectivity index (χ0) is 84.7. The molecule has 7 aromatic carbocycles. The van der Waals surface area contributed by atoms with Crippen LogP contribution in [0.2, 0.25) is 6.32 Å². The number of allylic oxidation sites excluding steroid dienone is 14. The Morgan fingerprint density at radius 2 is 1.03 bits per heavy atom. The molecule has 0 saturated heterocycles. The van der Waals surface area contributed by atoms with Gasteiger partial charge >= 0.3 is 59.1 Å². The molecule has 4 heterocycles. The molecular formula is C95H107B2FN5Na2O13S3+. The molecule has 26 heteroatoms. The topological polar surface area (TPSA) is 249 Å². The van der Waals surface area contributed by atoms with E-state index >= 15 is 0 Å². The van der Waals surface area contributed by atoms with Crippen molar-refractivity contribution in [1.29, 1.82) is 0 Å². The molecule has 4 aliphatic heterocycles. The SMILES string of the molecule is C.[B]CC(=O)CCCCC[N+]1=C(C=CC2=C(Oc3ccc(S(=O)(=O)[O-])cc3)C(=CC=C3N(CCCCS(=O)(=O)[O-])c4ccccc4C3(C)C)CCC2)C(C)(C)c2ccccc21.[B]NC(=O)CCCCCN1C(=CC=C2CCCC(C=CC3=[N+](C)c4ccc5ccccc5c4C3(C)C)=C2Oc2ccc(S(=O)(=O)[O-])cc2)C(C)(C)c2cc(F)ccc21.[Na+].[Na+]. The molecule has 4 radical (unpaired) electrons. The van der Waals surface area contributed by atoms with Crippen LogP contribution >= 0.6 is 0 Å². The Morgan fingerprint density at radius 1 is 0.529 bits per heavy atom. The van der Waals surface area contributed by atoms with Gasteiger partial charge in [-0.15, -0.1) is 0 Å². The van der Waals surface area contributed by atoms with Crippen molar-refractivity contribution in [3.63, 3.8) is 0 Å². The first-order chi connectivity index (χ1) is 56.0. The first-order valence-corrected chi connectivity index (χ1v) is 45.0. The van der Waals surface area contributed by atoms with Gasteiger partial charge in [-0.3, -0.25) is 4.79 Å². The molecule has 13 rings (SSSR count). The van der Waals surface area contributed by atoms with Gasteiger partial charge in [0.2, 0.25) is 25.3 Å². The molecule has 18 nitrogen and oxygen atoms in total. The largest absolute Gasteiger partial charge is 1.00 e. The van der Waals surface area contributed by atoms with Gasteiger partial charge in [0.25, 0.3) is 0 Å². The molecule has 121 heavy (non-hydrogen) atoms. The monoisotopic (exact) mass is 1710 g/mol. The molecule has 1 amide bonds. The quantitative estimate of drug-likeness (QED) is 0.0190. The molecule has 0 saturated carbocycles. The first-order valence-electron chi connectivity index (χ1n) is 40.6. The molecule has 0 unspecified atom stereocenters. The van der Waals surface area contributed by atoms with Crippen LogP contribution in [-0.4, -0.2) is 119 Å². The fourth-order valence-corrected chi connectivity index (χ4v) is 19.1. The van der Waals surface area contributed by atoms with E-state index in [1.807, 2.05) is 18.2 Å². The van der Waals surface area contributed by atoms with Crippen LogP contribution < -0.4 is 83.6 Å². The van der Waals surface area contributed by atoms with Gasteiger partial charge in [-0.1, -0.05) is 114 Å². The van der Waals surface area contributed by atoms with Gasteiger partial charge in [0.1, 0.15) is 68.4 Å². The number of carbonyl (C=O) groups is 2. The number of amides is 1. The number of hydrogen-bond donors (Lipinski definition) is 1. The molecule has 0 bridgehead atoms.